The number of rotatable bonds is 6. The largest absolute Gasteiger partial charge is 0.493 e. The molecule has 0 spiro atoms. The molecule has 1 saturated carbocycles. The first-order valence-electron chi connectivity index (χ1n) is 11.9. The number of fused-ring (bicyclic) bond motifs is 1. The van der Waals surface area contributed by atoms with Crippen LogP contribution in [0.2, 0.25) is 0 Å². The number of anilines is 2. The van der Waals surface area contributed by atoms with Crippen LogP contribution in [0, 0.1) is 11.8 Å². The van der Waals surface area contributed by atoms with Gasteiger partial charge in [0.05, 0.1) is 30.7 Å². The van der Waals surface area contributed by atoms with E-state index in [1.807, 2.05) is 22.8 Å². The van der Waals surface area contributed by atoms with E-state index in [0.717, 1.165) is 12.8 Å². The molecular formula is C28H26ClN5O5. The number of benzene rings is 2. The second-order valence-corrected chi connectivity index (χ2v) is 8.95. The van der Waals surface area contributed by atoms with Gasteiger partial charge in [0.2, 0.25) is 11.4 Å². The number of carboxylic acids is 1. The second-order valence-electron chi connectivity index (χ2n) is 8.95. The van der Waals surface area contributed by atoms with Gasteiger partial charge >= 0.3 is 5.97 Å². The molecule has 0 amide bonds. The molecule has 2 aromatic carbocycles. The summed E-state index contributed by atoms with van der Waals surface area (Å²) in [6.07, 6.45) is 4.90. The predicted molar refractivity (Wildman–Crippen MR) is 150 cm³/mol. The maximum Gasteiger partial charge on any atom is 0.341 e. The predicted octanol–water partition coefficient (Wildman–Crippen LogP) is 3.42. The molecule has 0 unspecified atom stereocenters. The topological polar surface area (TPSA) is 156 Å². The Morgan fingerprint density at radius 2 is 1.92 bits per heavy atom. The van der Waals surface area contributed by atoms with Gasteiger partial charge in [0.1, 0.15) is 11.4 Å². The fraction of sp³-hybridized carbons (Fsp3) is 0.214. The number of ether oxygens (including phenoxy) is 2. The molecular weight excluding hydrogens is 522 g/mol. The Labute approximate surface area is 230 Å². The highest BCUT2D eigenvalue weighted by Gasteiger charge is 2.28. The smallest absolute Gasteiger partial charge is 0.341 e. The zero-order valence-electron chi connectivity index (χ0n) is 21.2. The Morgan fingerprint density at radius 1 is 1.15 bits per heavy atom. The van der Waals surface area contributed by atoms with Crippen molar-refractivity contribution in [1.82, 2.24) is 14.5 Å². The van der Waals surface area contributed by atoms with E-state index in [0.29, 0.717) is 44.7 Å². The summed E-state index contributed by atoms with van der Waals surface area (Å²) < 4.78 is 12.7. The lowest BCUT2D eigenvalue weighted by Gasteiger charge is -2.15. The minimum Gasteiger partial charge on any atom is -0.493 e. The molecule has 39 heavy (non-hydrogen) atoms. The average Bonchev–Trinajstić information content (AvgIpc) is 3.74. The molecule has 5 rings (SSSR count). The number of halogens is 1. The minimum absolute atomic E-state index is 0. The number of methoxy groups -OCH3 is 2. The Balaban J connectivity index is 0.00000353. The van der Waals surface area contributed by atoms with Crippen molar-refractivity contribution in [3.05, 3.63) is 80.8 Å². The monoisotopic (exact) mass is 547 g/mol. The number of hydrogen-bond donors (Lipinski definition) is 3. The normalized spacial score (nSPS) is 12.3. The van der Waals surface area contributed by atoms with Gasteiger partial charge in [0, 0.05) is 36.0 Å². The van der Waals surface area contributed by atoms with Crippen molar-refractivity contribution >= 4 is 41.0 Å². The van der Waals surface area contributed by atoms with Crippen LogP contribution in [-0.2, 0) is 6.42 Å². The summed E-state index contributed by atoms with van der Waals surface area (Å²) in [6, 6.07) is 9.11. The van der Waals surface area contributed by atoms with Crippen molar-refractivity contribution in [3.63, 3.8) is 0 Å². The molecule has 0 saturated heterocycles. The van der Waals surface area contributed by atoms with Crippen LogP contribution in [0.15, 0.2) is 47.5 Å². The average molecular weight is 548 g/mol. The number of aromatic carboxylic acids is 1. The van der Waals surface area contributed by atoms with Gasteiger partial charge in [0.15, 0.2) is 11.5 Å². The van der Waals surface area contributed by atoms with E-state index in [1.165, 1.54) is 12.4 Å². The standard InChI is InChI=1S/C28H25N5O5.ClH/c1-37-22-5-3-4-16(25(22)38-2)7-6-15-10-17(12-18-13-31-28(30)32-26(18)29)23-21(11-15)33(19-8-9-19)14-20(24(23)34)27(35)36;/h3-5,10-11,13-14,19H,8-9,12H2,1-2H3,(H,35,36)(H4,29,30,31,32);1H. The summed E-state index contributed by atoms with van der Waals surface area (Å²) in [7, 11) is 3.10. The quantitative estimate of drug-likeness (QED) is 0.308. The summed E-state index contributed by atoms with van der Waals surface area (Å²) in [5.41, 5.74) is 13.9. The van der Waals surface area contributed by atoms with Crippen molar-refractivity contribution < 1.29 is 19.4 Å². The number of nitrogen functional groups attached to an aromatic ring is 2. The fourth-order valence-corrected chi connectivity index (χ4v) is 4.47. The molecule has 1 aliphatic carbocycles. The van der Waals surface area contributed by atoms with Crippen LogP contribution in [-0.4, -0.2) is 39.8 Å². The highest BCUT2D eigenvalue weighted by atomic mass is 35.5. The highest BCUT2D eigenvalue weighted by molar-refractivity contribution is 5.94. The number of hydrogen-bond acceptors (Lipinski definition) is 8. The van der Waals surface area contributed by atoms with E-state index in [2.05, 4.69) is 21.8 Å². The number of carbonyl (C=O) groups is 1. The van der Waals surface area contributed by atoms with Crippen molar-refractivity contribution in [2.24, 2.45) is 0 Å². The van der Waals surface area contributed by atoms with Gasteiger partial charge in [-0.05, 0) is 42.7 Å². The molecule has 2 aromatic heterocycles. The summed E-state index contributed by atoms with van der Waals surface area (Å²) in [5.74, 6) is 6.31. The molecule has 0 aliphatic heterocycles. The Bertz CT molecular complexity index is 1720. The van der Waals surface area contributed by atoms with Crippen LogP contribution in [0.4, 0.5) is 11.8 Å². The summed E-state index contributed by atoms with van der Waals surface area (Å²) >= 11 is 0. The van der Waals surface area contributed by atoms with Gasteiger partial charge in [-0.15, -0.1) is 12.4 Å². The molecule has 0 radical (unpaired) electrons. The second kappa shape index (κ2) is 10.9. The lowest BCUT2D eigenvalue weighted by Crippen LogP contribution is -2.20. The summed E-state index contributed by atoms with van der Waals surface area (Å²) in [6.45, 7) is 0. The number of para-hydroxylation sites is 1. The van der Waals surface area contributed by atoms with Crippen LogP contribution in [0.5, 0.6) is 11.5 Å². The zero-order valence-corrected chi connectivity index (χ0v) is 22.0. The summed E-state index contributed by atoms with van der Waals surface area (Å²) in [4.78, 5) is 33.4. The van der Waals surface area contributed by atoms with Crippen LogP contribution in [0.1, 0.15) is 51.5 Å². The van der Waals surface area contributed by atoms with E-state index in [9.17, 15) is 14.7 Å². The molecule has 2 heterocycles. The number of aromatic nitrogens is 3. The van der Waals surface area contributed by atoms with E-state index in [1.54, 1.807) is 26.4 Å². The molecule has 0 atom stereocenters. The van der Waals surface area contributed by atoms with Gasteiger partial charge in [-0.25, -0.2) is 9.78 Å². The van der Waals surface area contributed by atoms with Crippen LogP contribution < -0.4 is 26.4 Å². The maximum absolute atomic E-state index is 13.4. The lowest BCUT2D eigenvalue weighted by atomic mass is 9.97. The molecule has 10 nitrogen and oxygen atoms in total. The zero-order chi connectivity index (χ0) is 27.0. The SMILES string of the molecule is COc1cccc(C#Cc2cc(Cc3cnc(N)nc3N)c3c(=O)c(C(=O)O)cn(C4CC4)c3c2)c1OC.Cl. The van der Waals surface area contributed by atoms with Gasteiger partial charge in [-0.3, -0.25) is 4.79 Å². The number of nitrogens with two attached hydrogens (primary N) is 2. The fourth-order valence-electron chi connectivity index (χ4n) is 4.47. The van der Waals surface area contributed by atoms with Crippen LogP contribution in [0.3, 0.4) is 0 Å². The van der Waals surface area contributed by atoms with E-state index in [4.69, 9.17) is 20.9 Å². The maximum atomic E-state index is 13.4. The molecule has 4 aromatic rings. The molecule has 1 fully saturated rings. The first-order valence-corrected chi connectivity index (χ1v) is 11.9. The lowest BCUT2D eigenvalue weighted by molar-refractivity contribution is 0.0695. The summed E-state index contributed by atoms with van der Waals surface area (Å²) in [5, 5.41) is 10.1. The Hall–Kier alpha value is -4.75. The highest BCUT2D eigenvalue weighted by Crippen LogP contribution is 2.38. The van der Waals surface area contributed by atoms with Crippen molar-refractivity contribution in [1.29, 1.82) is 0 Å². The van der Waals surface area contributed by atoms with E-state index < -0.39 is 11.4 Å². The Kier molecular flexibility index (Phi) is 7.65. The Morgan fingerprint density at radius 3 is 2.56 bits per heavy atom. The number of carboxylic acid groups (broad SMARTS) is 1. The molecule has 0 bridgehead atoms. The number of nitrogens with zero attached hydrogens (tertiary/aromatic N) is 3. The third kappa shape index (κ3) is 5.30. The first-order chi connectivity index (χ1) is 18.3. The number of pyridine rings is 1. The third-order valence-corrected chi connectivity index (χ3v) is 6.43. The molecule has 5 N–H and O–H groups in total. The third-order valence-electron chi connectivity index (χ3n) is 6.43. The molecule has 200 valence electrons. The van der Waals surface area contributed by atoms with E-state index >= 15 is 0 Å². The van der Waals surface area contributed by atoms with Crippen LogP contribution >= 0.6 is 12.4 Å². The van der Waals surface area contributed by atoms with Crippen molar-refractivity contribution in [2.45, 2.75) is 25.3 Å². The van der Waals surface area contributed by atoms with Gasteiger partial charge in [-0.1, -0.05) is 17.9 Å². The van der Waals surface area contributed by atoms with Gasteiger partial charge in [0.25, 0.3) is 0 Å². The van der Waals surface area contributed by atoms with Crippen LogP contribution in [0.25, 0.3) is 10.9 Å². The minimum atomic E-state index is -1.28. The van der Waals surface area contributed by atoms with E-state index in [-0.39, 0.29) is 42.2 Å². The first kappa shape index (κ1) is 27.3. The molecule has 11 heteroatoms. The van der Waals surface area contributed by atoms with Crippen molar-refractivity contribution in [3.8, 4) is 23.3 Å². The van der Waals surface area contributed by atoms with Gasteiger partial charge < -0.3 is 30.6 Å². The van der Waals surface area contributed by atoms with Gasteiger partial charge in [-0.2, -0.15) is 4.98 Å². The molecule has 1 aliphatic rings. The van der Waals surface area contributed by atoms with Crippen molar-refractivity contribution in [2.75, 3.05) is 25.7 Å².